The normalized spacial score (nSPS) is 16.8. The van der Waals surface area contributed by atoms with Crippen molar-refractivity contribution >= 4 is 23.2 Å². The SMILES string of the molecule is COc1ccccc1-c1noc(C2CC(=O)N(c3cc(Cl)ccc3F)C2)n1. The standard InChI is InChI=1S/C19H15ClFN3O3/c1-26-16-5-3-2-4-13(16)18-22-19(27-23-18)11-8-17(25)24(10-11)15-9-12(20)6-7-14(15)21/h2-7,9,11H,8,10H2,1H3. The van der Waals surface area contributed by atoms with Gasteiger partial charge in [0, 0.05) is 18.0 Å². The molecule has 1 aliphatic heterocycles. The second-order valence-corrected chi connectivity index (χ2v) is 6.59. The highest BCUT2D eigenvalue weighted by atomic mass is 35.5. The number of hydrogen-bond acceptors (Lipinski definition) is 5. The van der Waals surface area contributed by atoms with E-state index in [9.17, 15) is 9.18 Å². The van der Waals surface area contributed by atoms with Crippen molar-refractivity contribution in [1.82, 2.24) is 10.1 Å². The van der Waals surface area contributed by atoms with Crippen molar-refractivity contribution in [3.05, 3.63) is 59.2 Å². The summed E-state index contributed by atoms with van der Waals surface area (Å²) in [5.74, 6) is 0.269. The number of carbonyl (C=O) groups is 1. The molecule has 1 amide bonds. The van der Waals surface area contributed by atoms with Gasteiger partial charge in [0.15, 0.2) is 0 Å². The average molecular weight is 388 g/mol. The number of amides is 1. The summed E-state index contributed by atoms with van der Waals surface area (Å²) in [5.41, 5.74) is 0.844. The highest BCUT2D eigenvalue weighted by molar-refractivity contribution is 6.31. The molecule has 27 heavy (non-hydrogen) atoms. The molecule has 0 N–H and O–H groups in total. The molecule has 0 aliphatic carbocycles. The zero-order chi connectivity index (χ0) is 19.0. The molecule has 0 spiro atoms. The van der Waals surface area contributed by atoms with Gasteiger partial charge in [-0.3, -0.25) is 4.79 Å². The number of anilines is 1. The van der Waals surface area contributed by atoms with E-state index in [0.717, 1.165) is 0 Å². The molecule has 1 atom stereocenters. The Morgan fingerprint density at radius 1 is 1.30 bits per heavy atom. The zero-order valence-corrected chi connectivity index (χ0v) is 15.1. The van der Waals surface area contributed by atoms with E-state index in [1.165, 1.54) is 23.1 Å². The smallest absolute Gasteiger partial charge is 0.232 e. The number of hydrogen-bond donors (Lipinski definition) is 0. The largest absolute Gasteiger partial charge is 0.496 e. The van der Waals surface area contributed by atoms with Gasteiger partial charge in [-0.05, 0) is 30.3 Å². The van der Waals surface area contributed by atoms with E-state index in [-0.39, 0.29) is 30.5 Å². The minimum absolute atomic E-state index is 0.152. The fourth-order valence-corrected chi connectivity index (χ4v) is 3.30. The summed E-state index contributed by atoms with van der Waals surface area (Å²) >= 11 is 5.94. The van der Waals surface area contributed by atoms with Crippen molar-refractivity contribution in [1.29, 1.82) is 0 Å². The number of ether oxygens (including phenoxy) is 1. The Morgan fingerprint density at radius 3 is 2.93 bits per heavy atom. The van der Waals surface area contributed by atoms with Crippen molar-refractivity contribution in [3.63, 3.8) is 0 Å². The Balaban J connectivity index is 1.60. The highest BCUT2D eigenvalue weighted by Crippen LogP contribution is 2.35. The van der Waals surface area contributed by atoms with Crippen molar-refractivity contribution in [2.45, 2.75) is 12.3 Å². The summed E-state index contributed by atoms with van der Waals surface area (Å²) in [6.07, 6.45) is 0.152. The Kier molecular flexibility index (Phi) is 4.53. The van der Waals surface area contributed by atoms with Crippen LogP contribution in [0, 0.1) is 5.82 Å². The number of benzene rings is 2. The average Bonchev–Trinajstić information content (AvgIpc) is 3.30. The van der Waals surface area contributed by atoms with Gasteiger partial charge in [-0.15, -0.1) is 0 Å². The van der Waals surface area contributed by atoms with Crippen molar-refractivity contribution in [3.8, 4) is 17.1 Å². The monoisotopic (exact) mass is 387 g/mol. The van der Waals surface area contributed by atoms with Gasteiger partial charge in [0.1, 0.15) is 11.6 Å². The summed E-state index contributed by atoms with van der Waals surface area (Å²) in [7, 11) is 1.56. The van der Waals surface area contributed by atoms with Crippen LogP contribution in [0.25, 0.3) is 11.4 Å². The first kappa shape index (κ1) is 17.5. The molecular weight excluding hydrogens is 373 g/mol. The first-order chi connectivity index (χ1) is 13.1. The second kappa shape index (κ2) is 7.00. The van der Waals surface area contributed by atoms with Gasteiger partial charge < -0.3 is 14.2 Å². The minimum Gasteiger partial charge on any atom is -0.496 e. The number of nitrogens with zero attached hydrogens (tertiary/aromatic N) is 3. The molecule has 1 aromatic heterocycles. The maximum Gasteiger partial charge on any atom is 0.232 e. The van der Waals surface area contributed by atoms with Crippen LogP contribution >= 0.6 is 11.6 Å². The lowest BCUT2D eigenvalue weighted by molar-refractivity contribution is -0.117. The molecule has 2 aromatic carbocycles. The van der Waals surface area contributed by atoms with E-state index in [1.54, 1.807) is 13.2 Å². The van der Waals surface area contributed by atoms with E-state index in [4.69, 9.17) is 20.9 Å². The predicted molar refractivity (Wildman–Crippen MR) is 97.4 cm³/mol. The number of carbonyl (C=O) groups excluding carboxylic acids is 1. The molecule has 1 aliphatic rings. The molecule has 8 heteroatoms. The van der Waals surface area contributed by atoms with Crippen LogP contribution < -0.4 is 9.64 Å². The number of methoxy groups -OCH3 is 1. The lowest BCUT2D eigenvalue weighted by Gasteiger charge is -2.17. The van der Waals surface area contributed by atoms with Crippen LogP contribution in [0.3, 0.4) is 0 Å². The Hall–Kier alpha value is -2.93. The van der Waals surface area contributed by atoms with Crippen molar-refractivity contribution in [2.75, 3.05) is 18.6 Å². The fraction of sp³-hybridized carbons (Fsp3) is 0.211. The quantitative estimate of drug-likeness (QED) is 0.675. The topological polar surface area (TPSA) is 68.5 Å². The molecule has 1 unspecified atom stereocenters. The lowest BCUT2D eigenvalue weighted by Crippen LogP contribution is -2.25. The molecule has 0 bridgehead atoms. The lowest BCUT2D eigenvalue weighted by atomic mass is 10.1. The maximum atomic E-state index is 14.1. The van der Waals surface area contributed by atoms with Crippen LogP contribution in [0.2, 0.25) is 5.02 Å². The third-order valence-corrected chi connectivity index (χ3v) is 4.70. The van der Waals surface area contributed by atoms with Crippen LogP contribution in [0.4, 0.5) is 10.1 Å². The molecular formula is C19H15ClFN3O3. The van der Waals surface area contributed by atoms with E-state index in [0.29, 0.717) is 28.1 Å². The molecule has 4 rings (SSSR count). The van der Waals surface area contributed by atoms with E-state index in [1.807, 2.05) is 18.2 Å². The van der Waals surface area contributed by atoms with Crippen molar-refractivity contribution < 1.29 is 18.4 Å². The molecule has 138 valence electrons. The van der Waals surface area contributed by atoms with E-state index >= 15 is 0 Å². The minimum atomic E-state index is -0.506. The van der Waals surface area contributed by atoms with Crippen LogP contribution in [0.5, 0.6) is 5.75 Å². The number of rotatable bonds is 4. The van der Waals surface area contributed by atoms with Gasteiger partial charge in [0.05, 0.1) is 24.3 Å². The number of aromatic nitrogens is 2. The Morgan fingerprint density at radius 2 is 2.11 bits per heavy atom. The second-order valence-electron chi connectivity index (χ2n) is 6.16. The summed E-state index contributed by atoms with van der Waals surface area (Å²) in [4.78, 5) is 18.2. The molecule has 0 radical (unpaired) electrons. The van der Waals surface area contributed by atoms with Gasteiger partial charge in [-0.2, -0.15) is 4.98 Å². The summed E-state index contributed by atoms with van der Waals surface area (Å²) < 4.78 is 24.8. The molecule has 2 heterocycles. The zero-order valence-electron chi connectivity index (χ0n) is 14.4. The van der Waals surface area contributed by atoms with Gasteiger partial charge in [0.25, 0.3) is 0 Å². The van der Waals surface area contributed by atoms with Gasteiger partial charge >= 0.3 is 0 Å². The Bertz CT molecular complexity index is 1010. The number of halogens is 2. The van der Waals surface area contributed by atoms with Crippen molar-refractivity contribution in [2.24, 2.45) is 0 Å². The highest BCUT2D eigenvalue weighted by Gasteiger charge is 2.36. The maximum absolute atomic E-state index is 14.1. The first-order valence-electron chi connectivity index (χ1n) is 8.29. The van der Waals surface area contributed by atoms with Crippen LogP contribution in [-0.4, -0.2) is 29.7 Å². The van der Waals surface area contributed by atoms with E-state index in [2.05, 4.69) is 10.1 Å². The molecule has 6 nitrogen and oxygen atoms in total. The predicted octanol–water partition coefficient (Wildman–Crippen LogP) is 4.06. The van der Waals surface area contributed by atoms with Crippen LogP contribution in [0.1, 0.15) is 18.2 Å². The summed E-state index contributed by atoms with van der Waals surface area (Å²) in [6.45, 7) is 0.240. The Labute approximate surface area is 159 Å². The third-order valence-electron chi connectivity index (χ3n) is 4.46. The first-order valence-corrected chi connectivity index (χ1v) is 8.67. The molecule has 1 saturated heterocycles. The molecule has 3 aromatic rings. The van der Waals surface area contributed by atoms with Crippen LogP contribution in [-0.2, 0) is 4.79 Å². The van der Waals surface area contributed by atoms with Gasteiger partial charge in [-0.1, -0.05) is 28.9 Å². The van der Waals surface area contributed by atoms with Crippen LogP contribution in [0.15, 0.2) is 47.0 Å². The molecule has 0 saturated carbocycles. The summed E-state index contributed by atoms with van der Waals surface area (Å²) in [6, 6.07) is 11.4. The third kappa shape index (κ3) is 3.26. The summed E-state index contributed by atoms with van der Waals surface area (Å²) in [5, 5.41) is 4.36. The fourth-order valence-electron chi connectivity index (χ4n) is 3.14. The number of para-hydroxylation sites is 1. The van der Waals surface area contributed by atoms with E-state index < -0.39 is 5.82 Å². The van der Waals surface area contributed by atoms with Gasteiger partial charge in [0.2, 0.25) is 17.6 Å². The van der Waals surface area contributed by atoms with Gasteiger partial charge in [-0.25, -0.2) is 4.39 Å². The molecule has 1 fully saturated rings.